The molecular formula is C11H17N3O2S. The van der Waals surface area contributed by atoms with E-state index in [0.29, 0.717) is 5.75 Å². The van der Waals surface area contributed by atoms with E-state index in [2.05, 4.69) is 17.3 Å². The summed E-state index contributed by atoms with van der Waals surface area (Å²) in [5.41, 5.74) is 3.41. The number of carbonyl (C=O) groups is 1. The molecule has 1 saturated heterocycles. The van der Waals surface area contributed by atoms with Crippen molar-refractivity contribution in [1.29, 1.82) is 0 Å². The van der Waals surface area contributed by atoms with Crippen molar-refractivity contribution in [2.75, 3.05) is 5.75 Å². The Balaban J connectivity index is 2.03. The van der Waals surface area contributed by atoms with Crippen LogP contribution in [0.15, 0.2) is 0 Å². The summed E-state index contributed by atoms with van der Waals surface area (Å²) in [7, 11) is 0. The molecule has 0 saturated carbocycles. The standard InChI is InChI=1S/C11H17N3O2S/c1-6-7(2)13-14(8(6)3)4-10-12-9(5-17-10)11(15)16/h9-10,12H,4-5H2,1-3H3,(H,15,16)/t9-,10+/m1/s1. The monoisotopic (exact) mass is 255 g/mol. The number of rotatable bonds is 3. The zero-order chi connectivity index (χ0) is 12.6. The van der Waals surface area contributed by atoms with Gasteiger partial charge in [0.15, 0.2) is 0 Å². The van der Waals surface area contributed by atoms with Gasteiger partial charge in [-0.05, 0) is 26.3 Å². The molecule has 1 aliphatic rings. The van der Waals surface area contributed by atoms with E-state index in [9.17, 15) is 4.79 Å². The van der Waals surface area contributed by atoms with Crippen LogP contribution in [0.1, 0.15) is 17.0 Å². The first kappa shape index (κ1) is 12.4. The number of aromatic nitrogens is 2. The summed E-state index contributed by atoms with van der Waals surface area (Å²) in [5.74, 6) is -0.150. The van der Waals surface area contributed by atoms with Gasteiger partial charge in [0, 0.05) is 11.4 Å². The van der Waals surface area contributed by atoms with Gasteiger partial charge in [0.05, 0.1) is 17.6 Å². The molecule has 0 aliphatic carbocycles. The molecule has 0 spiro atoms. The average Bonchev–Trinajstić information content (AvgIpc) is 2.82. The zero-order valence-electron chi connectivity index (χ0n) is 10.2. The molecule has 2 rings (SSSR count). The maximum Gasteiger partial charge on any atom is 0.321 e. The number of hydrogen-bond acceptors (Lipinski definition) is 4. The molecule has 5 nitrogen and oxygen atoms in total. The van der Waals surface area contributed by atoms with E-state index in [0.717, 1.165) is 17.9 Å². The molecule has 1 fully saturated rings. The number of nitrogens with one attached hydrogen (secondary N) is 1. The highest BCUT2D eigenvalue weighted by atomic mass is 32.2. The van der Waals surface area contributed by atoms with Gasteiger partial charge < -0.3 is 5.11 Å². The van der Waals surface area contributed by atoms with Crippen LogP contribution in [0.3, 0.4) is 0 Å². The van der Waals surface area contributed by atoms with Crippen molar-refractivity contribution in [3.8, 4) is 0 Å². The summed E-state index contributed by atoms with van der Waals surface area (Å²) < 4.78 is 1.96. The van der Waals surface area contributed by atoms with Crippen LogP contribution in [0.25, 0.3) is 0 Å². The maximum atomic E-state index is 10.8. The van der Waals surface area contributed by atoms with Crippen molar-refractivity contribution in [1.82, 2.24) is 15.1 Å². The molecule has 6 heteroatoms. The van der Waals surface area contributed by atoms with Crippen LogP contribution in [0, 0.1) is 20.8 Å². The third-order valence-corrected chi connectivity index (χ3v) is 4.44. The Hall–Kier alpha value is -1.01. The minimum absolute atomic E-state index is 0.133. The molecule has 2 heterocycles. The van der Waals surface area contributed by atoms with E-state index >= 15 is 0 Å². The molecule has 0 aromatic carbocycles. The fraction of sp³-hybridized carbons (Fsp3) is 0.636. The fourth-order valence-electron chi connectivity index (χ4n) is 1.90. The van der Waals surface area contributed by atoms with E-state index < -0.39 is 12.0 Å². The van der Waals surface area contributed by atoms with Crippen LogP contribution in [-0.4, -0.2) is 38.0 Å². The Morgan fingerprint density at radius 2 is 2.29 bits per heavy atom. The predicted molar refractivity (Wildman–Crippen MR) is 67.2 cm³/mol. The van der Waals surface area contributed by atoms with Crippen LogP contribution in [0.2, 0.25) is 0 Å². The quantitative estimate of drug-likeness (QED) is 0.841. The van der Waals surface area contributed by atoms with Crippen molar-refractivity contribution in [2.45, 2.75) is 38.7 Å². The van der Waals surface area contributed by atoms with Gasteiger partial charge in [-0.2, -0.15) is 5.10 Å². The third kappa shape index (κ3) is 2.47. The van der Waals surface area contributed by atoms with Gasteiger partial charge in [-0.15, -0.1) is 11.8 Å². The Labute approximate surface area is 105 Å². The highest BCUT2D eigenvalue weighted by molar-refractivity contribution is 8.00. The molecule has 0 bridgehead atoms. The van der Waals surface area contributed by atoms with E-state index in [1.807, 2.05) is 18.5 Å². The molecule has 0 unspecified atom stereocenters. The van der Waals surface area contributed by atoms with Gasteiger partial charge >= 0.3 is 5.97 Å². The normalized spacial score (nSPS) is 24.2. The second-order valence-electron chi connectivity index (χ2n) is 4.36. The zero-order valence-corrected chi connectivity index (χ0v) is 11.0. The van der Waals surface area contributed by atoms with Crippen molar-refractivity contribution >= 4 is 17.7 Å². The Morgan fingerprint density at radius 1 is 1.59 bits per heavy atom. The van der Waals surface area contributed by atoms with Gasteiger partial charge in [-0.25, -0.2) is 0 Å². The van der Waals surface area contributed by atoms with Gasteiger partial charge in [0.2, 0.25) is 0 Å². The summed E-state index contributed by atoms with van der Waals surface area (Å²) in [6.07, 6.45) is 0. The van der Waals surface area contributed by atoms with Crippen molar-refractivity contribution in [3.63, 3.8) is 0 Å². The fourth-order valence-corrected chi connectivity index (χ4v) is 3.07. The van der Waals surface area contributed by atoms with E-state index in [-0.39, 0.29) is 5.37 Å². The highest BCUT2D eigenvalue weighted by Crippen LogP contribution is 2.21. The first-order valence-electron chi connectivity index (χ1n) is 5.60. The van der Waals surface area contributed by atoms with Crippen molar-refractivity contribution in [3.05, 3.63) is 17.0 Å². The Kier molecular flexibility index (Phi) is 3.44. The lowest BCUT2D eigenvalue weighted by molar-refractivity contribution is -0.138. The van der Waals surface area contributed by atoms with Crippen LogP contribution < -0.4 is 5.32 Å². The first-order chi connectivity index (χ1) is 7.99. The first-order valence-corrected chi connectivity index (χ1v) is 6.65. The van der Waals surface area contributed by atoms with E-state index in [1.165, 1.54) is 5.56 Å². The number of nitrogens with zero attached hydrogens (tertiary/aromatic N) is 2. The van der Waals surface area contributed by atoms with Crippen LogP contribution in [0.4, 0.5) is 0 Å². The number of carboxylic acids is 1. The SMILES string of the molecule is Cc1nn(C[C@H]2N[C@@H](C(=O)O)CS2)c(C)c1C. The minimum atomic E-state index is -0.774. The second-order valence-corrected chi connectivity index (χ2v) is 5.59. The summed E-state index contributed by atoms with van der Waals surface area (Å²) in [5, 5.41) is 16.6. The summed E-state index contributed by atoms with van der Waals surface area (Å²) in [6, 6.07) is -0.428. The minimum Gasteiger partial charge on any atom is -0.480 e. The number of thioether (sulfide) groups is 1. The maximum absolute atomic E-state index is 10.8. The predicted octanol–water partition coefficient (Wildman–Crippen LogP) is 0.924. The van der Waals surface area contributed by atoms with Gasteiger partial charge in [0.1, 0.15) is 6.04 Å². The van der Waals surface area contributed by atoms with Gasteiger partial charge in [0.25, 0.3) is 0 Å². The smallest absolute Gasteiger partial charge is 0.321 e. The molecule has 0 amide bonds. The molecule has 1 aromatic heterocycles. The number of carboxylic acid groups (broad SMARTS) is 1. The topological polar surface area (TPSA) is 67.2 Å². The van der Waals surface area contributed by atoms with Crippen LogP contribution >= 0.6 is 11.8 Å². The molecule has 1 aliphatic heterocycles. The van der Waals surface area contributed by atoms with Crippen molar-refractivity contribution in [2.24, 2.45) is 0 Å². The lowest BCUT2D eigenvalue weighted by Gasteiger charge is -2.12. The third-order valence-electron chi connectivity index (χ3n) is 3.23. The summed E-state index contributed by atoms with van der Waals surface area (Å²) in [6.45, 7) is 6.82. The molecule has 1 aromatic rings. The molecule has 17 heavy (non-hydrogen) atoms. The average molecular weight is 255 g/mol. The Morgan fingerprint density at radius 3 is 2.76 bits per heavy atom. The lowest BCUT2D eigenvalue weighted by atomic mass is 10.2. The molecule has 2 atom stereocenters. The molecular weight excluding hydrogens is 238 g/mol. The van der Waals surface area contributed by atoms with Gasteiger partial charge in [-0.3, -0.25) is 14.8 Å². The number of aryl methyl sites for hydroxylation is 1. The van der Waals surface area contributed by atoms with Crippen molar-refractivity contribution < 1.29 is 9.90 Å². The van der Waals surface area contributed by atoms with Crippen LogP contribution in [-0.2, 0) is 11.3 Å². The molecule has 2 N–H and O–H groups in total. The van der Waals surface area contributed by atoms with E-state index in [1.54, 1.807) is 11.8 Å². The highest BCUT2D eigenvalue weighted by Gasteiger charge is 2.29. The van der Waals surface area contributed by atoms with Crippen LogP contribution in [0.5, 0.6) is 0 Å². The molecule has 94 valence electrons. The van der Waals surface area contributed by atoms with Gasteiger partial charge in [-0.1, -0.05) is 0 Å². The number of hydrogen-bond donors (Lipinski definition) is 2. The van der Waals surface area contributed by atoms with E-state index in [4.69, 9.17) is 5.11 Å². The Bertz CT molecular complexity index is 444. The summed E-state index contributed by atoms with van der Waals surface area (Å²) >= 11 is 1.64. The number of aliphatic carboxylic acids is 1. The lowest BCUT2D eigenvalue weighted by Crippen LogP contribution is -2.38. The summed E-state index contributed by atoms with van der Waals surface area (Å²) in [4.78, 5) is 10.8. The molecule has 0 radical (unpaired) electrons. The largest absolute Gasteiger partial charge is 0.480 e. The second kappa shape index (κ2) is 4.70.